The Bertz CT molecular complexity index is 1520. The first kappa shape index (κ1) is 34.5. The summed E-state index contributed by atoms with van der Waals surface area (Å²) in [5.41, 5.74) is 1.01. The molecule has 0 fully saturated rings. The van der Waals surface area contributed by atoms with Crippen molar-refractivity contribution in [2.24, 2.45) is 5.92 Å². The molecule has 0 aliphatic rings. The van der Waals surface area contributed by atoms with Gasteiger partial charge in [0, 0.05) is 25.3 Å². The van der Waals surface area contributed by atoms with Crippen molar-refractivity contribution >= 4 is 40.9 Å². The fourth-order valence-corrected chi connectivity index (χ4v) is 4.30. The summed E-state index contributed by atoms with van der Waals surface area (Å²) in [6.45, 7) is 5.04. The second-order valence-electron chi connectivity index (χ2n) is 10.6. The van der Waals surface area contributed by atoms with E-state index in [0.29, 0.717) is 35.8 Å². The van der Waals surface area contributed by atoms with Crippen LogP contribution in [0, 0.1) is 17.6 Å². The SMILES string of the molecule is CCC(C)CCN(C(=O)CNC(=O)Nc1cccc(C(C)C(=O)O)c1)c1ccccc1OCC(=O)N(C)c1cc(F)ccc1F. The van der Waals surface area contributed by atoms with E-state index in [0.717, 1.165) is 29.5 Å². The minimum atomic E-state index is -0.999. The first-order valence-corrected chi connectivity index (χ1v) is 14.5. The van der Waals surface area contributed by atoms with Crippen LogP contribution < -0.4 is 25.2 Å². The number of para-hydroxylation sites is 2. The molecule has 0 radical (unpaired) electrons. The van der Waals surface area contributed by atoms with Gasteiger partial charge in [-0.1, -0.05) is 44.5 Å². The molecule has 0 saturated carbocycles. The van der Waals surface area contributed by atoms with E-state index in [1.54, 1.807) is 48.5 Å². The van der Waals surface area contributed by atoms with Crippen LogP contribution in [0.4, 0.5) is 30.6 Å². The Morgan fingerprint density at radius 3 is 2.38 bits per heavy atom. The monoisotopic (exact) mass is 624 g/mol. The number of carbonyl (C=O) groups excluding carboxylic acids is 3. The van der Waals surface area contributed by atoms with Crippen molar-refractivity contribution in [3.8, 4) is 5.75 Å². The molecule has 12 heteroatoms. The third-order valence-corrected chi connectivity index (χ3v) is 7.41. The van der Waals surface area contributed by atoms with Crippen LogP contribution in [-0.4, -0.2) is 55.7 Å². The number of carboxylic acid groups (broad SMARTS) is 1. The average Bonchev–Trinajstić information content (AvgIpc) is 3.03. The molecule has 0 heterocycles. The molecule has 2 unspecified atom stereocenters. The van der Waals surface area contributed by atoms with Crippen molar-refractivity contribution in [3.63, 3.8) is 0 Å². The summed E-state index contributed by atoms with van der Waals surface area (Å²) < 4.78 is 33.7. The van der Waals surface area contributed by atoms with Gasteiger partial charge in [-0.2, -0.15) is 0 Å². The number of halogens is 2. The normalized spacial score (nSPS) is 12.0. The summed E-state index contributed by atoms with van der Waals surface area (Å²) >= 11 is 0. The third-order valence-electron chi connectivity index (χ3n) is 7.41. The van der Waals surface area contributed by atoms with Crippen LogP contribution in [0.3, 0.4) is 0 Å². The van der Waals surface area contributed by atoms with E-state index < -0.39 is 48.0 Å². The number of benzene rings is 3. The Morgan fingerprint density at radius 2 is 1.67 bits per heavy atom. The van der Waals surface area contributed by atoms with Crippen molar-refractivity contribution in [2.45, 2.75) is 39.5 Å². The Hall–Kier alpha value is -5.00. The van der Waals surface area contributed by atoms with Crippen molar-refractivity contribution < 1.29 is 37.8 Å². The molecule has 3 aromatic carbocycles. The van der Waals surface area contributed by atoms with Crippen molar-refractivity contribution in [1.82, 2.24) is 5.32 Å². The lowest BCUT2D eigenvalue weighted by molar-refractivity contribution is -0.138. The third kappa shape index (κ3) is 9.75. The molecular formula is C33H38F2N4O6. The first-order valence-electron chi connectivity index (χ1n) is 14.5. The average molecular weight is 625 g/mol. The number of rotatable bonds is 14. The number of carbonyl (C=O) groups is 4. The van der Waals surface area contributed by atoms with Crippen LogP contribution >= 0.6 is 0 Å². The molecule has 45 heavy (non-hydrogen) atoms. The van der Waals surface area contributed by atoms with Gasteiger partial charge in [0.25, 0.3) is 5.91 Å². The zero-order valence-electron chi connectivity index (χ0n) is 25.7. The number of aliphatic carboxylic acids is 1. The molecule has 2 atom stereocenters. The molecule has 0 bridgehead atoms. The molecule has 0 aromatic heterocycles. The summed E-state index contributed by atoms with van der Waals surface area (Å²) in [5, 5.41) is 14.4. The fraction of sp³-hybridized carbons (Fsp3) is 0.333. The minimum Gasteiger partial charge on any atom is -0.482 e. The Morgan fingerprint density at radius 1 is 0.933 bits per heavy atom. The molecule has 3 N–H and O–H groups in total. The number of likely N-dealkylation sites (N-methyl/N-ethyl adjacent to an activating group) is 1. The second-order valence-corrected chi connectivity index (χ2v) is 10.6. The zero-order valence-corrected chi connectivity index (χ0v) is 25.7. The highest BCUT2D eigenvalue weighted by molar-refractivity contribution is 5.99. The predicted molar refractivity (Wildman–Crippen MR) is 168 cm³/mol. The maximum atomic E-state index is 14.2. The van der Waals surface area contributed by atoms with E-state index in [1.165, 1.54) is 18.9 Å². The Labute approximate surface area is 261 Å². The molecular weight excluding hydrogens is 586 g/mol. The smallest absolute Gasteiger partial charge is 0.319 e. The van der Waals surface area contributed by atoms with Crippen molar-refractivity contribution in [3.05, 3.63) is 83.9 Å². The van der Waals surface area contributed by atoms with Gasteiger partial charge in [0.15, 0.2) is 6.61 Å². The molecule has 0 aliphatic heterocycles. The molecule has 0 saturated heterocycles. The van der Waals surface area contributed by atoms with E-state index in [1.807, 2.05) is 6.92 Å². The van der Waals surface area contributed by atoms with Gasteiger partial charge in [-0.25, -0.2) is 13.6 Å². The maximum absolute atomic E-state index is 14.2. The number of urea groups is 1. The summed E-state index contributed by atoms with van der Waals surface area (Å²) in [7, 11) is 1.30. The van der Waals surface area contributed by atoms with Crippen LogP contribution in [0.15, 0.2) is 66.7 Å². The number of nitrogens with one attached hydrogen (secondary N) is 2. The van der Waals surface area contributed by atoms with Gasteiger partial charge in [0.05, 0.1) is 23.8 Å². The van der Waals surface area contributed by atoms with E-state index >= 15 is 0 Å². The summed E-state index contributed by atoms with van der Waals surface area (Å²) in [6, 6.07) is 15.2. The number of amides is 4. The molecule has 10 nitrogen and oxygen atoms in total. The summed E-state index contributed by atoms with van der Waals surface area (Å²) in [4.78, 5) is 52.7. The summed E-state index contributed by atoms with van der Waals surface area (Å²) in [5.74, 6) is -3.82. The van der Waals surface area contributed by atoms with Gasteiger partial charge in [-0.05, 0) is 61.2 Å². The number of hydrogen-bond acceptors (Lipinski definition) is 5. The van der Waals surface area contributed by atoms with Gasteiger partial charge in [0.1, 0.15) is 17.4 Å². The lowest BCUT2D eigenvalue weighted by Crippen LogP contribution is -2.42. The second kappa shape index (κ2) is 16.2. The largest absolute Gasteiger partial charge is 0.482 e. The predicted octanol–water partition coefficient (Wildman–Crippen LogP) is 5.79. The fourth-order valence-electron chi connectivity index (χ4n) is 4.30. The number of carboxylic acids is 1. The Balaban J connectivity index is 1.72. The molecule has 0 aliphatic carbocycles. The van der Waals surface area contributed by atoms with Crippen LogP contribution in [0.1, 0.15) is 45.1 Å². The highest BCUT2D eigenvalue weighted by atomic mass is 19.1. The number of hydrogen-bond donors (Lipinski definition) is 3. The van der Waals surface area contributed by atoms with E-state index in [2.05, 4.69) is 17.6 Å². The van der Waals surface area contributed by atoms with Crippen LogP contribution in [0.5, 0.6) is 5.75 Å². The number of anilines is 3. The topological polar surface area (TPSA) is 128 Å². The van der Waals surface area contributed by atoms with Crippen LogP contribution in [0.25, 0.3) is 0 Å². The molecule has 0 spiro atoms. The first-order chi connectivity index (χ1) is 21.4. The molecule has 3 aromatic rings. The highest BCUT2D eigenvalue weighted by Crippen LogP contribution is 2.29. The van der Waals surface area contributed by atoms with Crippen molar-refractivity contribution in [1.29, 1.82) is 0 Å². The standard InChI is InChI=1S/C33H38F2N4O6/c1-5-21(2)15-16-39(30(40)19-36-33(44)37-25-10-8-9-23(17-25)22(3)32(42)43)27-11-6-7-12-29(27)45-20-31(41)38(4)28-18-24(34)13-14-26(28)35/h6-14,17-18,21-22H,5,15-16,19-20H2,1-4H3,(H,42,43)(H2,36,37,44). The zero-order chi connectivity index (χ0) is 33.1. The molecule has 4 amide bonds. The highest BCUT2D eigenvalue weighted by Gasteiger charge is 2.23. The number of ether oxygens (including phenoxy) is 1. The van der Waals surface area contributed by atoms with Gasteiger partial charge in [-0.3, -0.25) is 14.4 Å². The Kier molecular flexibility index (Phi) is 12.4. The van der Waals surface area contributed by atoms with E-state index in [-0.39, 0.29) is 18.0 Å². The van der Waals surface area contributed by atoms with Gasteiger partial charge in [-0.15, -0.1) is 0 Å². The quantitative estimate of drug-likeness (QED) is 0.209. The van der Waals surface area contributed by atoms with Crippen molar-refractivity contribution in [2.75, 3.05) is 41.9 Å². The van der Waals surface area contributed by atoms with Crippen LogP contribution in [0.2, 0.25) is 0 Å². The van der Waals surface area contributed by atoms with E-state index in [4.69, 9.17) is 4.74 Å². The maximum Gasteiger partial charge on any atom is 0.319 e. The van der Waals surface area contributed by atoms with Crippen LogP contribution in [-0.2, 0) is 14.4 Å². The molecule has 240 valence electrons. The minimum absolute atomic E-state index is 0.213. The lowest BCUT2D eigenvalue weighted by atomic mass is 10.0. The van der Waals surface area contributed by atoms with E-state index in [9.17, 15) is 33.1 Å². The lowest BCUT2D eigenvalue weighted by Gasteiger charge is -2.27. The molecule has 3 rings (SSSR count). The van der Waals surface area contributed by atoms with Gasteiger partial charge in [0.2, 0.25) is 5.91 Å². The summed E-state index contributed by atoms with van der Waals surface area (Å²) in [6.07, 6.45) is 1.54. The van der Waals surface area contributed by atoms with Gasteiger partial charge >= 0.3 is 12.0 Å². The number of nitrogens with zero attached hydrogens (tertiary/aromatic N) is 2. The van der Waals surface area contributed by atoms with Gasteiger partial charge < -0.3 is 30.3 Å².